The minimum atomic E-state index is -0.444. The van der Waals surface area contributed by atoms with Gasteiger partial charge >= 0.3 is 5.97 Å². The number of rotatable bonds is 21. The molecular formula is C47H80N2O3. The van der Waals surface area contributed by atoms with E-state index in [1.165, 1.54) is 140 Å². The van der Waals surface area contributed by atoms with Gasteiger partial charge in [-0.3, -0.25) is 0 Å². The molecule has 5 heteroatoms. The molecule has 0 aliphatic heterocycles. The van der Waals surface area contributed by atoms with E-state index in [1.807, 2.05) is 6.07 Å². The van der Waals surface area contributed by atoms with Crippen LogP contribution in [-0.4, -0.2) is 25.8 Å². The maximum Gasteiger partial charge on any atom is 0.335 e. The first-order chi connectivity index (χ1) is 25.1. The first-order valence-electron chi connectivity index (χ1n) is 22.5. The Kier molecular flexibility index (Phi) is 15.7. The summed E-state index contributed by atoms with van der Waals surface area (Å²) in [7, 11) is 1.70. The Bertz CT molecular complexity index is 1210. The van der Waals surface area contributed by atoms with Gasteiger partial charge in [0.15, 0.2) is 6.10 Å². The fourth-order valence-electron chi connectivity index (χ4n) is 12.8. The number of nitrogens with two attached hydrogens (primary N) is 2. The number of benzene rings is 1. The van der Waals surface area contributed by atoms with Gasteiger partial charge in [-0.25, -0.2) is 4.79 Å². The summed E-state index contributed by atoms with van der Waals surface area (Å²) >= 11 is 0. The molecule has 0 bridgehead atoms. The van der Waals surface area contributed by atoms with Gasteiger partial charge in [-0.1, -0.05) is 111 Å². The van der Waals surface area contributed by atoms with Crippen LogP contribution in [0.1, 0.15) is 193 Å². The number of unbranched alkanes of at least 4 members (excludes halogenated alkanes) is 13. The van der Waals surface area contributed by atoms with Crippen molar-refractivity contribution in [1.29, 1.82) is 0 Å². The smallest absolute Gasteiger partial charge is 0.335 e. The topological polar surface area (TPSA) is 87.6 Å². The fourth-order valence-corrected chi connectivity index (χ4v) is 12.8. The molecule has 0 saturated heterocycles. The van der Waals surface area contributed by atoms with Crippen LogP contribution in [0.3, 0.4) is 0 Å². The van der Waals surface area contributed by atoms with Gasteiger partial charge in [0, 0.05) is 18.5 Å². The summed E-state index contributed by atoms with van der Waals surface area (Å²) in [6.07, 6.45) is 31.0. The standard InChI is InChI=1S/C47H80N2O3/c1-6-7-8-9-10-11-12-13-14-15-16-17-18-19-28-52-45(50)44(51-5)29-34(2)41-22-23-42-40-21-20-37-30-35(36-31-38(48)33-39(49)32-36)24-26-46(37,3)43(40)25-27-47(41,42)4/h31-35,37,40-44H,6-30,48-49H2,1-5H3/t34-,35?,37?,40+,41-,42+,43+,44?,46+,47-/m1/s1. The van der Waals surface area contributed by atoms with Crippen LogP contribution in [0.5, 0.6) is 0 Å². The van der Waals surface area contributed by atoms with Crippen LogP contribution in [0.25, 0.3) is 0 Å². The number of nitrogen functional groups attached to an aromatic ring is 2. The van der Waals surface area contributed by atoms with E-state index in [-0.39, 0.29) is 5.97 Å². The second-order valence-corrected chi connectivity index (χ2v) is 19.0. The Morgan fingerprint density at radius 2 is 1.33 bits per heavy atom. The highest BCUT2D eigenvalue weighted by molar-refractivity contribution is 5.74. The van der Waals surface area contributed by atoms with Gasteiger partial charge in [-0.05, 0) is 147 Å². The predicted molar refractivity (Wildman–Crippen MR) is 219 cm³/mol. The third kappa shape index (κ3) is 10.1. The molecule has 4 aliphatic carbocycles. The van der Waals surface area contributed by atoms with Gasteiger partial charge in [-0.15, -0.1) is 0 Å². The predicted octanol–water partition coefficient (Wildman–Crippen LogP) is 12.7. The Morgan fingerprint density at radius 3 is 1.94 bits per heavy atom. The van der Waals surface area contributed by atoms with Gasteiger partial charge in [-0.2, -0.15) is 0 Å². The lowest BCUT2D eigenvalue weighted by Gasteiger charge is -2.61. The Hall–Kier alpha value is -1.75. The molecule has 0 spiro atoms. The van der Waals surface area contributed by atoms with Crippen molar-refractivity contribution in [3.8, 4) is 0 Å². The van der Waals surface area contributed by atoms with Gasteiger partial charge in [0.2, 0.25) is 0 Å². The van der Waals surface area contributed by atoms with Crippen LogP contribution in [0.4, 0.5) is 11.4 Å². The van der Waals surface area contributed by atoms with Crippen molar-refractivity contribution in [2.24, 2.45) is 46.3 Å². The third-order valence-electron chi connectivity index (χ3n) is 15.8. The lowest BCUT2D eigenvalue weighted by atomic mass is 9.43. The number of ether oxygens (including phenoxy) is 2. The number of esters is 1. The fraction of sp³-hybridized carbons (Fsp3) is 0.851. The number of hydrogen-bond donors (Lipinski definition) is 2. The molecule has 0 radical (unpaired) electrons. The zero-order chi connectivity index (χ0) is 37.1. The van der Waals surface area contributed by atoms with Crippen LogP contribution < -0.4 is 11.5 Å². The van der Waals surface area contributed by atoms with Crippen LogP contribution >= 0.6 is 0 Å². The SMILES string of the molecule is CCCCCCCCCCCCCCCCOC(=O)C(C[C@@H](C)[C@H]1CC[C@H]2[C@@H]3CCC4CC(c5cc(N)cc(N)c5)CC[C@]4(C)[C@H]3CC[C@]12C)OC. The molecule has 3 unspecified atom stereocenters. The molecule has 296 valence electrons. The highest BCUT2D eigenvalue weighted by atomic mass is 16.6. The number of anilines is 2. The first-order valence-corrected chi connectivity index (χ1v) is 22.5. The minimum absolute atomic E-state index is 0.143. The summed E-state index contributed by atoms with van der Waals surface area (Å²) in [6, 6.07) is 6.24. The number of hydrogen-bond acceptors (Lipinski definition) is 5. The number of fused-ring (bicyclic) bond motifs is 5. The molecule has 0 amide bonds. The number of carbonyl (C=O) groups is 1. The van der Waals surface area contributed by atoms with Crippen molar-refractivity contribution in [2.45, 2.75) is 194 Å². The molecule has 4 N–H and O–H groups in total. The van der Waals surface area contributed by atoms with E-state index in [4.69, 9.17) is 20.9 Å². The summed E-state index contributed by atoms with van der Waals surface area (Å²) in [5, 5.41) is 0. The quantitative estimate of drug-likeness (QED) is 0.0750. The zero-order valence-electron chi connectivity index (χ0n) is 34.4. The Balaban J connectivity index is 1.01. The van der Waals surface area contributed by atoms with E-state index in [9.17, 15) is 4.79 Å². The van der Waals surface area contributed by atoms with Gasteiger partial charge in [0.25, 0.3) is 0 Å². The van der Waals surface area contributed by atoms with Gasteiger partial charge in [0.05, 0.1) is 6.61 Å². The number of methoxy groups -OCH3 is 1. The first kappa shape index (κ1) is 41.4. The maximum atomic E-state index is 13.2. The van der Waals surface area contributed by atoms with Crippen molar-refractivity contribution in [3.05, 3.63) is 23.8 Å². The van der Waals surface area contributed by atoms with Crippen LogP contribution in [0.15, 0.2) is 18.2 Å². The maximum absolute atomic E-state index is 13.2. The molecular weight excluding hydrogens is 641 g/mol. The highest BCUT2D eigenvalue weighted by Gasteiger charge is 2.60. The molecule has 1 aromatic rings. The largest absolute Gasteiger partial charge is 0.464 e. The molecule has 52 heavy (non-hydrogen) atoms. The highest BCUT2D eigenvalue weighted by Crippen LogP contribution is 2.69. The van der Waals surface area contributed by atoms with Gasteiger partial charge in [0.1, 0.15) is 0 Å². The van der Waals surface area contributed by atoms with E-state index in [0.717, 1.165) is 54.3 Å². The normalized spacial score (nSPS) is 32.4. The van der Waals surface area contributed by atoms with E-state index in [0.29, 0.717) is 35.2 Å². The summed E-state index contributed by atoms with van der Waals surface area (Å²) in [5.41, 5.74) is 16.2. The average Bonchev–Trinajstić information content (AvgIpc) is 3.48. The van der Waals surface area contributed by atoms with Gasteiger partial charge < -0.3 is 20.9 Å². The number of carbonyl (C=O) groups excluding carboxylic acids is 1. The zero-order valence-corrected chi connectivity index (χ0v) is 34.4. The second kappa shape index (κ2) is 19.7. The summed E-state index contributed by atoms with van der Waals surface area (Å²) in [6.45, 7) is 10.5. The summed E-state index contributed by atoms with van der Waals surface area (Å²) < 4.78 is 11.6. The molecule has 4 saturated carbocycles. The monoisotopic (exact) mass is 721 g/mol. The minimum Gasteiger partial charge on any atom is -0.464 e. The third-order valence-corrected chi connectivity index (χ3v) is 15.8. The molecule has 10 atom stereocenters. The molecule has 4 fully saturated rings. The van der Waals surface area contributed by atoms with Crippen molar-refractivity contribution in [3.63, 3.8) is 0 Å². The van der Waals surface area contributed by atoms with Crippen LogP contribution in [0, 0.1) is 46.3 Å². The van der Waals surface area contributed by atoms with E-state index in [2.05, 4.69) is 39.8 Å². The van der Waals surface area contributed by atoms with Crippen molar-refractivity contribution in [1.82, 2.24) is 0 Å². The average molecular weight is 721 g/mol. The lowest BCUT2D eigenvalue weighted by Crippen LogP contribution is -2.53. The van der Waals surface area contributed by atoms with E-state index in [1.54, 1.807) is 7.11 Å². The molecule has 0 aromatic heterocycles. The van der Waals surface area contributed by atoms with Crippen molar-refractivity contribution >= 4 is 17.3 Å². The van der Waals surface area contributed by atoms with Crippen LogP contribution in [-0.2, 0) is 14.3 Å². The van der Waals surface area contributed by atoms with E-state index >= 15 is 0 Å². The molecule has 1 aromatic carbocycles. The summed E-state index contributed by atoms with van der Waals surface area (Å²) in [4.78, 5) is 13.2. The molecule has 5 nitrogen and oxygen atoms in total. The molecule has 5 rings (SSSR count). The van der Waals surface area contributed by atoms with Crippen LogP contribution in [0.2, 0.25) is 0 Å². The van der Waals surface area contributed by atoms with Crippen molar-refractivity contribution < 1.29 is 14.3 Å². The molecule has 0 heterocycles. The Morgan fingerprint density at radius 1 is 0.750 bits per heavy atom. The summed E-state index contributed by atoms with van der Waals surface area (Å²) in [5.74, 6) is 4.88. The lowest BCUT2D eigenvalue weighted by molar-refractivity contribution is -0.157. The Labute approximate surface area is 319 Å². The van der Waals surface area contributed by atoms with E-state index < -0.39 is 6.10 Å². The molecule has 4 aliphatic rings. The second-order valence-electron chi connectivity index (χ2n) is 19.0. The van der Waals surface area contributed by atoms with Crippen molar-refractivity contribution in [2.75, 3.05) is 25.2 Å².